The number of aryl methyl sites for hydroxylation is 2. The van der Waals surface area contributed by atoms with Crippen LogP contribution in [0.3, 0.4) is 0 Å². The van der Waals surface area contributed by atoms with Crippen molar-refractivity contribution < 1.29 is 4.52 Å². The molecule has 11 heavy (non-hydrogen) atoms. The standard InChI is InChI=1S/C8H12N2O/c1-4-8(5(2)11-10-4)6-3-7(6)9/h6-7H,3,9H2,1-2H3. The highest BCUT2D eigenvalue weighted by atomic mass is 16.5. The SMILES string of the molecule is Cc1noc(C)c1C1CC1N. The van der Waals surface area contributed by atoms with Crippen molar-refractivity contribution in [2.24, 2.45) is 5.73 Å². The predicted octanol–water partition coefficient (Wildman–Crippen LogP) is 1.11. The highest BCUT2D eigenvalue weighted by Crippen LogP contribution is 2.41. The number of rotatable bonds is 1. The molecule has 0 radical (unpaired) electrons. The fourth-order valence-electron chi connectivity index (χ4n) is 1.57. The van der Waals surface area contributed by atoms with E-state index in [1.807, 2.05) is 13.8 Å². The van der Waals surface area contributed by atoms with E-state index < -0.39 is 0 Å². The van der Waals surface area contributed by atoms with Gasteiger partial charge in [-0.1, -0.05) is 5.16 Å². The van der Waals surface area contributed by atoms with Crippen molar-refractivity contribution in [1.29, 1.82) is 0 Å². The second-order valence-electron chi connectivity index (χ2n) is 3.24. The summed E-state index contributed by atoms with van der Waals surface area (Å²) < 4.78 is 5.04. The summed E-state index contributed by atoms with van der Waals surface area (Å²) >= 11 is 0. The van der Waals surface area contributed by atoms with Gasteiger partial charge in [-0.05, 0) is 20.3 Å². The molecule has 0 bridgehead atoms. The van der Waals surface area contributed by atoms with Crippen LogP contribution in [0.4, 0.5) is 0 Å². The normalized spacial score (nSPS) is 29.0. The minimum atomic E-state index is 0.340. The smallest absolute Gasteiger partial charge is 0.137 e. The molecule has 2 rings (SSSR count). The molecule has 1 fully saturated rings. The minimum absolute atomic E-state index is 0.340. The van der Waals surface area contributed by atoms with Gasteiger partial charge in [0.1, 0.15) is 5.76 Å². The van der Waals surface area contributed by atoms with Crippen LogP contribution < -0.4 is 5.73 Å². The average molecular weight is 152 g/mol. The Hall–Kier alpha value is -0.830. The van der Waals surface area contributed by atoms with E-state index in [9.17, 15) is 0 Å². The Morgan fingerprint density at radius 2 is 2.18 bits per heavy atom. The molecular formula is C8H12N2O. The molecule has 1 saturated carbocycles. The first-order valence-corrected chi connectivity index (χ1v) is 3.88. The summed E-state index contributed by atoms with van der Waals surface area (Å²) in [4.78, 5) is 0. The van der Waals surface area contributed by atoms with Crippen LogP contribution in [0.5, 0.6) is 0 Å². The molecule has 0 aliphatic heterocycles. The molecule has 1 aliphatic carbocycles. The van der Waals surface area contributed by atoms with Gasteiger partial charge in [-0.3, -0.25) is 0 Å². The predicted molar refractivity (Wildman–Crippen MR) is 41.3 cm³/mol. The molecule has 60 valence electrons. The maximum absolute atomic E-state index is 5.73. The molecule has 0 amide bonds. The Labute approximate surface area is 65.6 Å². The molecule has 2 unspecified atom stereocenters. The molecule has 0 saturated heterocycles. The van der Waals surface area contributed by atoms with E-state index in [4.69, 9.17) is 10.3 Å². The number of hydrogen-bond acceptors (Lipinski definition) is 3. The van der Waals surface area contributed by atoms with Gasteiger partial charge < -0.3 is 10.3 Å². The Kier molecular flexibility index (Phi) is 1.29. The van der Waals surface area contributed by atoms with Crippen LogP contribution in [0.25, 0.3) is 0 Å². The van der Waals surface area contributed by atoms with Crippen LogP contribution in [0.1, 0.15) is 29.4 Å². The zero-order valence-electron chi connectivity index (χ0n) is 6.79. The van der Waals surface area contributed by atoms with Crippen molar-refractivity contribution >= 4 is 0 Å². The molecule has 2 atom stereocenters. The van der Waals surface area contributed by atoms with E-state index >= 15 is 0 Å². The monoisotopic (exact) mass is 152 g/mol. The first-order valence-electron chi connectivity index (χ1n) is 3.88. The lowest BCUT2D eigenvalue weighted by Gasteiger charge is -1.93. The lowest BCUT2D eigenvalue weighted by Crippen LogP contribution is -2.01. The molecule has 0 spiro atoms. The van der Waals surface area contributed by atoms with Crippen molar-refractivity contribution in [2.75, 3.05) is 0 Å². The topological polar surface area (TPSA) is 52.0 Å². The van der Waals surface area contributed by atoms with E-state index in [1.54, 1.807) is 0 Å². The highest BCUT2D eigenvalue weighted by molar-refractivity contribution is 5.32. The lowest BCUT2D eigenvalue weighted by molar-refractivity contribution is 0.392. The van der Waals surface area contributed by atoms with Gasteiger partial charge in [0, 0.05) is 17.5 Å². The van der Waals surface area contributed by atoms with Gasteiger partial charge in [0.15, 0.2) is 0 Å². The van der Waals surface area contributed by atoms with Crippen LogP contribution in [-0.4, -0.2) is 11.2 Å². The summed E-state index contributed by atoms with van der Waals surface area (Å²) in [7, 11) is 0. The molecule has 1 aliphatic rings. The summed E-state index contributed by atoms with van der Waals surface area (Å²) in [5.74, 6) is 1.45. The van der Waals surface area contributed by atoms with Crippen molar-refractivity contribution in [3.05, 3.63) is 17.0 Å². The zero-order valence-corrected chi connectivity index (χ0v) is 6.79. The van der Waals surface area contributed by atoms with Crippen LogP contribution in [-0.2, 0) is 0 Å². The van der Waals surface area contributed by atoms with Gasteiger partial charge in [0.2, 0.25) is 0 Å². The Bertz CT molecular complexity index is 260. The second kappa shape index (κ2) is 2.08. The fraction of sp³-hybridized carbons (Fsp3) is 0.625. The van der Waals surface area contributed by atoms with Crippen LogP contribution in [0.2, 0.25) is 0 Å². The number of nitrogens with two attached hydrogens (primary N) is 1. The third-order valence-corrected chi connectivity index (χ3v) is 2.30. The third kappa shape index (κ3) is 0.959. The Morgan fingerprint density at radius 3 is 2.55 bits per heavy atom. The summed E-state index contributed by atoms with van der Waals surface area (Å²) in [5.41, 5.74) is 7.96. The molecule has 3 nitrogen and oxygen atoms in total. The minimum Gasteiger partial charge on any atom is -0.361 e. The van der Waals surface area contributed by atoms with E-state index in [-0.39, 0.29) is 0 Å². The van der Waals surface area contributed by atoms with Crippen LogP contribution in [0.15, 0.2) is 4.52 Å². The van der Waals surface area contributed by atoms with E-state index in [1.165, 1.54) is 5.56 Å². The van der Waals surface area contributed by atoms with Crippen molar-refractivity contribution in [2.45, 2.75) is 32.2 Å². The Morgan fingerprint density at radius 1 is 1.55 bits per heavy atom. The van der Waals surface area contributed by atoms with Gasteiger partial charge in [-0.2, -0.15) is 0 Å². The molecule has 1 heterocycles. The van der Waals surface area contributed by atoms with E-state index in [2.05, 4.69) is 5.16 Å². The Balaban J connectivity index is 2.36. The molecule has 1 aromatic heterocycles. The van der Waals surface area contributed by atoms with Crippen molar-refractivity contribution in [3.63, 3.8) is 0 Å². The average Bonchev–Trinajstić information content (AvgIpc) is 2.54. The van der Waals surface area contributed by atoms with Gasteiger partial charge in [-0.15, -0.1) is 0 Å². The maximum atomic E-state index is 5.73. The van der Waals surface area contributed by atoms with Crippen LogP contribution >= 0.6 is 0 Å². The summed E-state index contributed by atoms with van der Waals surface area (Å²) in [5, 5.41) is 3.88. The number of hydrogen-bond donors (Lipinski definition) is 1. The summed E-state index contributed by atoms with van der Waals surface area (Å²) in [6.45, 7) is 3.91. The largest absolute Gasteiger partial charge is 0.361 e. The van der Waals surface area contributed by atoms with Gasteiger partial charge >= 0.3 is 0 Å². The molecule has 1 aromatic rings. The van der Waals surface area contributed by atoms with Gasteiger partial charge in [0.05, 0.1) is 5.69 Å². The van der Waals surface area contributed by atoms with Gasteiger partial charge in [0.25, 0.3) is 0 Å². The highest BCUT2D eigenvalue weighted by Gasteiger charge is 2.38. The number of nitrogens with zero attached hydrogens (tertiary/aromatic N) is 1. The van der Waals surface area contributed by atoms with Crippen molar-refractivity contribution in [3.8, 4) is 0 Å². The maximum Gasteiger partial charge on any atom is 0.137 e. The molecular weight excluding hydrogens is 140 g/mol. The fourth-order valence-corrected chi connectivity index (χ4v) is 1.57. The summed E-state index contributed by atoms with van der Waals surface area (Å²) in [6, 6.07) is 0.340. The quantitative estimate of drug-likeness (QED) is 0.655. The molecule has 0 aromatic carbocycles. The van der Waals surface area contributed by atoms with Crippen LogP contribution in [0, 0.1) is 13.8 Å². The number of aromatic nitrogens is 1. The summed E-state index contributed by atoms with van der Waals surface area (Å²) in [6.07, 6.45) is 1.09. The van der Waals surface area contributed by atoms with E-state index in [0.29, 0.717) is 12.0 Å². The molecule has 3 heteroatoms. The second-order valence-corrected chi connectivity index (χ2v) is 3.24. The lowest BCUT2D eigenvalue weighted by atomic mass is 10.1. The zero-order chi connectivity index (χ0) is 8.01. The molecule has 2 N–H and O–H groups in total. The first-order chi connectivity index (χ1) is 5.20. The van der Waals surface area contributed by atoms with E-state index in [0.717, 1.165) is 17.9 Å². The van der Waals surface area contributed by atoms with Crippen molar-refractivity contribution in [1.82, 2.24) is 5.16 Å². The first kappa shape index (κ1) is 6.85. The van der Waals surface area contributed by atoms with Gasteiger partial charge in [-0.25, -0.2) is 0 Å². The third-order valence-electron chi connectivity index (χ3n) is 2.30.